The third-order valence-electron chi connectivity index (χ3n) is 4.24. The Morgan fingerprint density at radius 2 is 1.04 bits per heavy atom. The number of nitrogens with two attached hydrogens (primary N) is 2. The van der Waals surface area contributed by atoms with Crippen LogP contribution < -0.4 is 11.5 Å². The minimum atomic E-state index is 0.0609. The number of nitrogen functional groups attached to an aromatic ring is 2. The summed E-state index contributed by atoms with van der Waals surface area (Å²) in [5, 5.41) is 0. The summed E-state index contributed by atoms with van der Waals surface area (Å²) < 4.78 is 0. The second kappa shape index (κ2) is 6.04. The molecule has 0 saturated heterocycles. The average Bonchev–Trinajstić information content (AvgIpc) is 2.53. The van der Waals surface area contributed by atoms with E-state index in [0.717, 1.165) is 22.5 Å². The smallest absolute Gasteiger partial charge is 0.0320 e. The highest BCUT2D eigenvalue weighted by atomic mass is 14.5. The molecule has 3 aromatic carbocycles. The number of hydrogen-bond donors (Lipinski definition) is 2. The quantitative estimate of drug-likeness (QED) is 0.615. The van der Waals surface area contributed by atoms with Gasteiger partial charge in [-0.25, -0.2) is 0 Å². The molecule has 0 atom stereocenters. The van der Waals surface area contributed by atoms with Crippen molar-refractivity contribution in [1.29, 1.82) is 0 Å². The van der Waals surface area contributed by atoms with Gasteiger partial charge in [0.2, 0.25) is 0 Å². The number of benzene rings is 3. The molecule has 3 rings (SSSR count). The molecule has 0 heterocycles. The SMILES string of the molecule is CC(C)(C)c1cc(-c2cccc(N)c2)cc(-c2cccc(N)c2)c1. The van der Waals surface area contributed by atoms with E-state index in [1.807, 2.05) is 36.4 Å². The average molecular weight is 316 g/mol. The molecule has 2 heteroatoms. The van der Waals surface area contributed by atoms with E-state index < -0.39 is 0 Å². The van der Waals surface area contributed by atoms with Crippen LogP contribution in [-0.2, 0) is 5.41 Å². The highest BCUT2D eigenvalue weighted by Crippen LogP contribution is 2.34. The van der Waals surface area contributed by atoms with Crippen molar-refractivity contribution in [2.24, 2.45) is 0 Å². The zero-order chi connectivity index (χ0) is 17.3. The van der Waals surface area contributed by atoms with Crippen LogP contribution >= 0.6 is 0 Å². The number of anilines is 2. The molecular weight excluding hydrogens is 292 g/mol. The van der Waals surface area contributed by atoms with E-state index >= 15 is 0 Å². The zero-order valence-electron chi connectivity index (χ0n) is 14.5. The number of hydrogen-bond acceptors (Lipinski definition) is 2. The first-order valence-corrected chi connectivity index (χ1v) is 8.20. The maximum atomic E-state index is 5.97. The van der Waals surface area contributed by atoms with Crippen molar-refractivity contribution in [3.8, 4) is 22.3 Å². The van der Waals surface area contributed by atoms with E-state index in [4.69, 9.17) is 11.5 Å². The van der Waals surface area contributed by atoms with Crippen molar-refractivity contribution >= 4 is 11.4 Å². The standard InChI is InChI=1S/C22H24N2/c1-22(2,3)19-11-17(15-6-4-8-20(23)13-15)10-18(12-19)16-7-5-9-21(24)14-16/h4-14H,23-24H2,1-3H3. The molecule has 122 valence electrons. The van der Waals surface area contributed by atoms with E-state index in [1.54, 1.807) is 0 Å². The maximum absolute atomic E-state index is 5.97. The van der Waals surface area contributed by atoms with Crippen molar-refractivity contribution in [3.63, 3.8) is 0 Å². The van der Waals surface area contributed by atoms with Crippen LogP contribution in [0.1, 0.15) is 26.3 Å². The molecule has 0 fully saturated rings. The molecule has 0 aliphatic rings. The monoisotopic (exact) mass is 316 g/mol. The molecule has 0 aliphatic carbocycles. The molecule has 3 aromatic rings. The van der Waals surface area contributed by atoms with E-state index in [1.165, 1.54) is 16.7 Å². The molecule has 24 heavy (non-hydrogen) atoms. The Kier molecular flexibility index (Phi) is 4.06. The number of rotatable bonds is 2. The van der Waals surface area contributed by atoms with Crippen LogP contribution in [0.25, 0.3) is 22.3 Å². The second-order valence-corrected chi connectivity index (χ2v) is 7.30. The Morgan fingerprint density at radius 3 is 1.42 bits per heavy atom. The molecule has 0 amide bonds. The molecule has 0 unspecified atom stereocenters. The molecule has 0 radical (unpaired) electrons. The molecule has 0 aromatic heterocycles. The van der Waals surface area contributed by atoms with Gasteiger partial charge in [-0.3, -0.25) is 0 Å². The van der Waals surface area contributed by atoms with Crippen LogP contribution in [-0.4, -0.2) is 0 Å². The molecular formula is C22H24N2. The Labute approximate surface area is 144 Å². The summed E-state index contributed by atoms with van der Waals surface area (Å²) in [4.78, 5) is 0. The first kappa shape index (κ1) is 16.1. The van der Waals surface area contributed by atoms with Crippen molar-refractivity contribution in [2.75, 3.05) is 11.5 Å². The summed E-state index contributed by atoms with van der Waals surface area (Å²) >= 11 is 0. The van der Waals surface area contributed by atoms with Crippen LogP contribution in [0.3, 0.4) is 0 Å². The Balaban J connectivity index is 2.21. The summed E-state index contributed by atoms with van der Waals surface area (Å²) in [6.07, 6.45) is 0. The van der Waals surface area contributed by atoms with Gasteiger partial charge in [0.05, 0.1) is 0 Å². The summed E-state index contributed by atoms with van der Waals surface area (Å²) in [5.74, 6) is 0. The van der Waals surface area contributed by atoms with Crippen molar-refractivity contribution in [2.45, 2.75) is 26.2 Å². The highest BCUT2D eigenvalue weighted by molar-refractivity contribution is 5.77. The van der Waals surface area contributed by atoms with Gasteiger partial charge in [-0.2, -0.15) is 0 Å². The molecule has 0 spiro atoms. The minimum absolute atomic E-state index is 0.0609. The van der Waals surface area contributed by atoms with Gasteiger partial charge in [0.25, 0.3) is 0 Å². The lowest BCUT2D eigenvalue weighted by Crippen LogP contribution is -2.11. The van der Waals surface area contributed by atoms with Crippen molar-refractivity contribution in [1.82, 2.24) is 0 Å². The summed E-state index contributed by atoms with van der Waals surface area (Å²) in [5.41, 5.74) is 19.5. The molecule has 0 saturated carbocycles. The first-order chi connectivity index (χ1) is 11.3. The third-order valence-corrected chi connectivity index (χ3v) is 4.24. The second-order valence-electron chi connectivity index (χ2n) is 7.30. The molecule has 0 bridgehead atoms. The van der Waals surface area contributed by atoms with E-state index in [9.17, 15) is 0 Å². The predicted octanol–water partition coefficient (Wildman–Crippen LogP) is 5.48. The van der Waals surface area contributed by atoms with Gasteiger partial charge < -0.3 is 11.5 Å². The van der Waals surface area contributed by atoms with Gasteiger partial charge >= 0.3 is 0 Å². The topological polar surface area (TPSA) is 52.0 Å². The lowest BCUT2D eigenvalue weighted by atomic mass is 9.83. The fourth-order valence-corrected chi connectivity index (χ4v) is 2.83. The minimum Gasteiger partial charge on any atom is -0.399 e. The van der Waals surface area contributed by atoms with E-state index in [-0.39, 0.29) is 5.41 Å². The van der Waals surface area contributed by atoms with Crippen LogP contribution in [0.2, 0.25) is 0 Å². The van der Waals surface area contributed by atoms with Gasteiger partial charge in [-0.05, 0) is 63.6 Å². The zero-order valence-corrected chi connectivity index (χ0v) is 14.5. The fourth-order valence-electron chi connectivity index (χ4n) is 2.83. The lowest BCUT2D eigenvalue weighted by molar-refractivity contribution is 0.590. The fraction of sp³-hybridized carbons (Fsp3) is 0.182. The predicted molar refractivity (Wildman–Crippen MR) is 105 cm³/mol. The molecule has 0 aliphatic heterocycles. The third kappa shape index (κ3) is 3.43. The summed E-state index contributed by atoms with van der Waals surface area (Å²) in [6, 6.07) is 22.8. The van der Waals surface area contributed by atoms with E-state index in [2.05, 4.69) is 51.1 Å². The normalized spacial score (nSPS) is 11.5. The Bertz CT molecular complexity index is 809. The van der Waals surface area contributed by atoms with Gasteiger partial charge in [-0.15, -0.1) is 0 Å². The van der Waals surface area contributed by atoms with Crippen LogP contribution in [0.4, 0.5) is 11.4 Å². The first-order valence-electron chi connectivity index (χ1n) is 8.20. The van der Waals surface area contributed by atoms with Crippen molar-refractivity contribution in [3.05, 3.63) is 72.3 Å². The van der Waals surface area contributed by atoms with E-state index in [0.29, 0.717) is 0 Å². The van der Waals surface area contributed by atoms with Gasteiger partial charge in [0, 0.05) is 11.4 Å². The molecule has 2 nitrogen and oxygen atoms in total. The largest absolute Gasteiger partial charge is 0.399 e. The highest BCUT2D eigenvalue weighted by Gasteiger charge is 2.16. The summed E-state index contributed by atoms with van der Waals surface area (Å²) in [6.45, 7) is 6.69. The Hall–Kier alpha value is -2.74. The van der Waals surface area contributed by atoms with Crippen LogP contribution in [0.5, 0.6) is 0 Å². The summed E-state index contributed by atoms with van der Waals surface area (Å²) in [7, 11) is 0. The maximum Gasteiger partial charge on any atom is 0.0320 e. The van der Waals surface area contributed by atoms with Gasteiger partial charge in [0.1, 0.15) is 0 Å². The van der Waals surface area contributed by atoms with Crippen LogP contribution in [0, 0.1) is 0 Å². The molecule has 4 N–H and O–H groups in total. The van der Waals surface area contributed by atoms with Crippen molar-refractivity contribution < 1.29 is 0 Å². The van der Waals surface area contributed by atoms with Gasteiger partial charge in [-0.1, -0.05) is 57.2 Å². The Morgan fingerprint density at radius 1 is 0.583 bits per heavy atom. The lowest BCUT2D eigenvalue weighted by Gasteiger charge is -2.22. The van der Waals surface area contributed by atoms with Gasteiger partial charge in [0.15, 0.2) is 0 Å². The van der Waals surface area contributed by atoms with Crippen LogP contribution in [0.15, 0.2) is 66.7 Å².